The molecular formula is C25H32N2O5S. The van der Waals surface area contributed by atoms with Crippen molar-refractivity contribution < 1.29 is 22.7 Å². The van der Waals surface area contributed by atoms with E-state index >= 15 is 0 Å². The van der Waals surface area contributed by atoms with Crippen molar-refractivity contribution in [2.45, 2.75) is 82.3 Å². The average Bonchev–Trinajstić information content (AvgIpc) is 3.63. The van der Waals surface area contributed by atoms with Crippen molar-refractivity contribution in [3.8, 4) is 0 Å². The third-order valence-electron chi connectivity index (χ3n) is 7.22. The van der Waals surface area contributed by atoms with Gasteiger partial charge in [-0.05, 0) is 100 Å². The zero-order chi connectivity index (χ0) is 23.5. The van der Waals surface area contributed by atoms with E-state index in [1.54, 1.807) is 20.8 Å². The Morgan fingerprint density at radius 1 is 1.15 bits per heavy atom. The van der Waals surface area contributed by atoms with Crippen LogP contribution in [-0.2, 0) is 28.5 Å². The Bertz CT molecular complexity index is 1190. The summed E-state index contributed by atoms with van der Waals surface area (Å²) in [6.07, 6.45) is 7.79. The first-order valence-electron chi connectivity index (χ1n) is 11.9. The zero-order valence-electron chi connectivity index (χ0n) is 19.4. The zero-order valence-corrected chi connectivity index (χ0v) is 20.2. The number of hydrogen-bond acceptors (Lipinski definition) is 5. The summed E-state index contributed by atoms with van der Waals surface area (Å²) in [6, 6.07) is 4.83. The van der Waals surface area contributed by atoms with Gasteiger partial charge in [0.1, 0.15) is 5.76 Å². The predicted molar refractivity (Wildman–Crippen MR) is 125 cm³/mol. The van der Waals surface area contributed by atoms with E-state index in [1.165, 1.54) is 37.3 Å². The molecule has 2 saturated carbocycles. The van der Waals surface area contributed by atoms with Gasteiger partial charge in [0.2, 0.25) is 5.09 Å². The maximum atomic E-state index is 12.9. The number of nitrogens with one attached hydrogen (secondary N) is 2. The van der Waals surface area contributed by atoms with Gasteiger partial charge < -0.3 is 14.8 Å². The number of hydrogen-bond donors (Lipinski definition) is 3. The van der Waals surface area contributed by atoms with E-state index in [9.17, 15) is 18.3 Å². The summed E-state index contributed by atoms with van der Waals surface area (Å²) in [5.41, 5.74) is 3.44. The third-order valence-corrected chi connectivity index (χ3v) is 8.40. The summed E-state index contributed by atoms with van der Waals surface area (Å²) in [5.74, 6) is 2.05. The topological polar surface area (TPSA) is 109 Å². The van der Waals surface area contributed by atoms with Crippen LogP contribution in [0.3, 0.4) is 0 Å². The van der Waals surface area contributed by atoms with E-state index in [0.29, 0.717) is 29.1 Å². The molecule has 1 aromatic heterocycles. The van der Waals surface area contributed by atoms with Crippen LogP contribution in [0.15, 0.2) is 27.7 Å². The van der Waals surface area contributed by atoms with Crippen molar-refractivity contribution in [1.82, 2.24) is 4.72 Å². The fourth-order valence-corrected chi connectivity index (χ4v) is 6.32. The van der Waals surface area contributed by atoms with Crippen LogP contribution >= 0.6 is 0 Å². The van der Waals surface area contributed by atoms with Crippen LogP contribution in [0.5, 0.6) is 0 Å². The summed E-state index contributed by atoms with van der Waals surface area (Å²) >= 11 is 0. The van der Waals surface area contributed by atoms with Gasteiger partial charge in [-0.3, -0.25) is 0 Å². The smallest absolute Gasteiger partial charge is 0.333 e. The number of aryl methyl sites for hydroxylation is 2. The lowest BCUT2D eigenvalue weighted by atomic mass is 9.86. The molecule has 0 saturated heterocycles. The van der Waals surface area contributed by atoms with Crippen LogP contribution in [0.2, 0.25) is 0 Å². The van der Waals surface area contributed by atoms with Crippen molar-refractivity contribution >= 4 is 21.7 Å². The molecule has 0 atom stereocenters. The highest BCUT2D eigenvalue weighted by atomic mass is 32.2. The molecule has 3 N–H and O–H groups in total. The van der Waals surface area contributed by atoms with Gasteiger partial charge >= 0.3 is 6.03 Å². The van der Waals surface area contributed by atoms with Crippen LogP contribution in [0, 0.1) is 18.8 Å². The Labute approximate surface area is 195 Å². The van der Waals surface area contributed by atoms with Crippen molar-refractivity contribution in [3.63, 3.8) is 0 Å². The van der Waals surface area contributed by atoms with Crippen molar-refractivity contribution in [2.75, 3.05) is 5.32 Å². The number of rotatable bonds is 7. The molecule has 33 heavy (non-hydrogen) atoms. The van der Waals surface area contributed by atoms with Crippen molar-refractivity contribution in [1.29, 1.82) is 0 Å². The standard InChI is InChI=1S/C25H32N2O5S/c1-14-20(25(2,3)29)13-21(32-14)33(30,31)27-24(28)26-23-18-6-4-5-15(18)11-12-19(23)22(16-7-8-16)17-9-10-17/h11-13,16-17,22,29H,4-10H2,1-3H3,(H2,26,27,28). The number of carbonyl (C=O) groups is 1. The molecule has 8 heteroatoms. The highest BCUT2D eigenvalue weighted by Crippen LogP contribution is 2.56. The molecule has 5 rings (SSSR count). The number of aliphatic hydroxyl groups is 1. The number of amides is 2. The molecule has 2 aromatic rings. The Kier molecular flexibility index (Phi) is 5.36. The number of furan rings is 1. The number of sulfonamides is 1. The minimum Gasteiger partial charge on any atom is -0.448 e. The second kappa shape index (κ2) is 7.87. The van der Waals surface area contributed by atoms with Crippen LogP contribution in [0.4, 0.5) is 10.5 Å². The van der Waals surface area contributed by atoms with Crippen LogP contribution in [0.25, 0.3) is 0 Å². The van der Waals surface area contributed by atoms with Crippen molar-refractivity contribution in [2.24, 2.45) is 11.8 Å². The van der Waals surface area contributed by atoms with Crippen LogP contribution in [0.1, 0.15) is 79.9 Å². The maximum Gasteiger partial charge on any atom is 0.333 e. The second-order valence-electron chi connectivity index (χ2n) is 10.4. The molecule has 2 amide bonds. The average molecular weight is 473 g/mol. The Hall–Kier alpha value is -2.32. The fraction of sp³-hybridized carbons (Fsp3) is 0.560. The third kappa shape index (κ3) is 4.43. The first kappa shape index (κ1) is 22.5. The molecule has 7 nitrogen and oxygen atoms in total. The molecule has 0 spiro atoms. The summed E-state index contributed by atoms with van der Waals surface area (Å²) in [6.45, 7) is 4.69. The second-order valence-corrected chi connectivity index (χ2v) is 12.0. The van der Waals surface area contributed by atoms with Crippen LogP contribution < -0.4 is 10.0 Å². The van der Waals surface area contributed by atoms with E-state index in [0.717, 1.165) is 36.1 Å². The number of benzene rings is 1. The van der Waals surface area contributed by atoms with Gasteiger partial charge in [0.15, 0.2) is 0 Å². The first-order chi connectivity index (χ1) is 15.5. The Morgan fingerprint density at radius 2 is 1.82 bits per heavy atom. The van der Waals surface area contributed by atoms with Gasteiger partial charge in [-0.1, -0.05) is 12.1 Å². The SMILES string of the molecule is Cc1oc(S(=O)(=O)NC(=O)Nc2c(C(C3CC3)C3CC3)ccc3c2CCC3)cc1C(C)(C)O. The molecule has 2 fully saturated rings. The molecule has 178 valence electrons. The van der Waals surface area contributed by atoms with Gasteiger partial charge in [0.05, 0.1) is 5.60 Å². The summed E-state index contributed by atoms with van der Waals surface area (Å²) in [7, 11) is -4.24. The van der Waals surface area contributed by atoms with E-state index in [-0.39, 0.29) is 5.09 Å². The molecule has 1 heterocycles. The number of anilines is 1. The van der Waals surface area contributed by atoms with Crippen LogP contribution in [-0.4, -0.2) is 19.6 Å². The number of carbonyl (C=O) groups excluding carboxylic acids is 1. The minimum atomic E-state index is -4.24. The number of urea groups is 1. The molecule has 3 aliphatic carbocycles. The molecule has 0 bridgehead atoms. The van der Waals surface area contributed by atoms with Gasteiger partial charge in [0.25, 0.3) is 10.0 Å². The predicted octanol–water partition coefficient (Wildman–Crippen LogP) is 4.72. The summed E-state index contributed by atoms with van der Waals surface area (Å²) < 4.78 is 33.2. The lowest BCUT2D eigenvalue weighted by molar-refractivity contribution is 0.0769. The minimum absolute atomic E-state index is 0.295. The molecule has 0 aliphatic heterocycles. The largest absolute Gasteiger partial charge is 0.448 e. The summed E-state index contributed by atoms with van der Waals surface area (Å²) in [4.78, 5) is 12.9. The number of fused-ring (bicyclic) bond motifs is 1. The Balaban J connectivity index is 1.42. The van der Waals surface area contributed by atoms with Gasteiger partial charge in [0, 0.05) is 17.3 Å². The molecular weight excluding hydrogens is 440 g/mol. The van der Waals surface area contributed by atoms with Gasteiger partial charge in [-0.15, -0.1) is 0 Å². The van der Waals surface area contributed by atoms with Gasteiger partial charge in [-0.25, -0.2) is 9.52 Å². The monoisotopic (exact) mass is 472 g/mol. The quantitative estimate of drug-likeness (QED) is 0.540. The Morgan fingerprint density at radius 3 is 2.39 bits per heavy atom. The van der Waals surface area contributed by atoms with E-state index < -0.39 is 21.7 Å². The normalized spacial score (nSPS) is 18.5. The maximum absolute atomic E-state index is 12.9. The van der Waals surface area contributed by atoms with E-state index in [1.807, 2.05) is 0 Å². The summed E-state index contributed by atoms with van der Waals surface area (Å²) in [5, 5.41) is 12.8. The molecule has 0 radical (unpaired) electrons. The fourth-order valence-electron chi connectivity index (χ4n) is 5.42. The van der Waals surface area contributed by atoms with Crippen molar-refractivity contribution in [3.05, 3.63) is 46.2 Å². The lowest BCUT2D eigenvalue weighted by Gasteiger charge is -2.23. The lowest BCUT2D eigenvalue weighted by Crippen LogP contribution is -2.35. The molecule has 1 aromatic carbocycles. The van der Waals surface area contributed by atoms with Gasteiger partial charge in [-0.2, -0.15) is 8.42 Å². The van der Waals surface area contributed by atoms with E-state index in [2.05, 4.69) is 22.2 Å². The highest BCUT2D eigenvalue weighted by Gasteiger charge is 2.44. The first-order valence-corrected chi connectivity index (χ1v) is 13.3. The highest BCUT2D eigenvalue weighted by molar-refractivity contribution is 7.89. The van der Waals surface area contributed by atoms with E-state index in [4.69, 9.17) is 4.42 Å². The molecule has 3 aliphatic rings. The molecule has 0 unspecified atom stereocenters.